The zero-order valence-corrected chi connectivity index (χ0v) is 11.3. The van der Waals surface area contributed by atoms with Gasteiger partial charge in [-0.15, -0.1) is 19.0 Å². The third-order valence-electron chi connectivity index (χ3n) is 3.57. The molecule has 4 heteroatoms. The summed E-state index contributed by atoms with van der Waals surface area (Å²) in [5.74, 6) is 0.590. The lowest BCUT2D eigenvalue weighted by molar-refractivity contribution is -0.136. The van der Waals surface area contributed by atoms with Gasteiger partial charge in [0.15, 0.2) is 0 Å². The summed E-state index contributed by atoms with van der Waals surface area (Å²) >= 11 is 0. The fourth-order valence-electron chi connectivity index (χ4n) is 2.54. The minimum Gasteiger partial charge on any atom is -0.336 e. The minimum atomic E-state index is 0. The number of hydrogen-bond acceptors (Lipinski definition) is 2. The molecule has 0 bridgehead atoms. The Labute approximate surface area is 110 Å². The van der Waals surface area contributed by atoms with Gasteiger partial charge in [0, 0.05) is 24.5 Å². The van der Waals surface area contributed by atoms with E-state index in [1.54, 1.807) is 0 Å². The number of nitrogens with one attached hydrogen (secondary N) is 1. The highest BCUT2D eigenvalue weighted by molar-refractivity contribution is 5.85. The van der Waals surface area contributed by atoms with Crippen molar-refractivity contribution in [3.05, 3.63) is 12.7 Å². The van der Waals surface area contributed by atoms with Crippen LogP contribution < -0.4 is 5.32 Å². The van der Waals surface area contributed by atoms with Crippen LogP contribution in [0.2, 0.25) is 0 Å². The molecule has 0 radical (unpaired) electrons. The normalized spacial score (nSPS) is 28.1. The van der Waals surface area contributed by atoms with Gasteiger partial charge < -0.3 is 10.2 Å². The second-order valence-corrected chi connectivity index (χ2v) is 5.09. The quantitative estimate of drug-likeness (QED) is 0.782. The van der Waals surface area contributed by atoms with Gasteiger partial charge in [0.1, 0.15) is 0 Å². The van der Waals surface area contributed by atoms with E-state index < -0.39 is 0 Å². The third-order valence-corrected chi connectivity index (χ3v) is 3.57. The Balaban J connectivity index is 0.00000144. The molecule has 1 N–H and O–H groups in total. The second kappa shape index (κ2) is 6.41. The molecule has 0 aromatic rings. The molecule has 2 atom stereocenters. The van der Waals surface area contributed by atoms with Gasteiger partial charge in [-0.3, -0.25) is 4.79 Å². The molecule has 0 aromatic carbocycles. The fourth-order valence-corrected chi connectivity index (χ4v) is 2.54. The van der Waals surface area contributed by atoms with Crippen LogP contribution in [0.4, 0.5) is 0 Å². The van der Waals surface area contributed by atoms with Crippen LogP contribution in [0, 0.1) is 5.92 Å². The van der Waals surface area contributed by atoms with Crippen LogP contribution in [0.1, 0.15) is 32.6 Å². The van der Waals surface area contributed by atoms with Crippen molar-refractivity contribution in [2.24, 2.45) is 5.92 Å². The van der Waals surface area contributed by atoms with Crippen LogP contribution in [0.3, 0.4) is 0 Å². The number of halogens is 1. The fraction of sp³-hybridized carbons (Fsp3) is 0.769. The summed E-state index contributed by atoms with van der Waals surface area (Å²) in [6.07, 6.45) is 6.18. The average Bonchev–Trinajstić information content (AvgIpc) is 3.09. The zero-order valence-electron chi connectivity index (χ0n) is 10.5. The lowest BCUT2D eigenvalue weighted by Crippen LogP contribution is -2.45. The number of rotatable bonds is 4. The van der Waals surface area contributed by atoms with Crippen molar-refractivity contribution >= 4 is 18.3 Å². The van der Waals surface area contributed by atoms with E-state index >= 15 is 0 Å². The molecular weight excluding hydrogens is 236 g/mol. The first-order valence-corrected chi connectivity index (χ1v) is 6.37. The number of amides is 1. The van der Waals surface area contributed by atoms with Gasteiger partial charge in [0.2, 0.25) is 5.91 Å². The Kier molecular flexibility index (Phi) is 5.47. The van der Waals surface area contributed by atoms with Crippen LogP contribution in [-0.2, 0) is 4.79 Å². The maximum Gasteiger partial charge on any atom is 0.226 e. The van der Waals surface area contributed by atoms with Gasteiger partial charge in [-0.1, -0.05) is 6.08 Å². The number of carbonyl (C=O) groups excluding carboxylic acids is 1. The molecular formula is C13H23ClN2O. The second-order valence-electron chi connectivity index (χ2n) is 5.09. The molecule has 1 saturated heterocycles. The number of hydrogen-bond donors (Lipinski definition) is 1. The van der Waals surface area contributed by atoms with Crippen LogP contribution in [0.25, 0.3) is 0 Å². The molecule has 1 heterocycles. The predicted molar refractivity (Wildman–Crippen MR) is 72.4 cm³/mol. The highest BCUT2D eigenvalue weighted by Gasteiger charge is 2.36. The molecule has 17 heavy (non-hydrogen) atoms. The maximum atomic E-state index is 12.4. The Morgan fingerprint density at radius 1 is 1.47 bits per heavy atom. The molecule has 1 amide bonds. The lowest BCUT2D eigenvalue weighted by Gasteiger charge is -2.31. The summed E-state index contributed by atoms with van der Waals surface area (Å²) in [6.45, 7) is 7.61. The van der Waals surface area contributed by atoms with Crippen molar-refractivity contribution in [2.75, 3.05) is 13.1 Å². The first-order valence-electron chi connectivity index (χ1n) is 6.37. The third kappa shape index (κ3) is 3.71. The molecule has 2 fully saturated rings. The van der Waals surface area contributed by atoms with E-state index in [1.807, 2.05) is 11.0 Å². The van der Waals surface area contributed by atoms with Crippen LogP contribution in [0.15, 0.2) is 12.7 Å². The van der Waals surface area contributed by atoms with Gasteiger partial charge >= 0.3 is 0 Å². The van der Waals surface area contributed by atoms with E-state index in [9.17, 15) is 4.79 Å². The first kappa shape index (κ1) is 14.5. The average molecular weight is 259 g/mol. The Hall–Kier alpha value is -0.540. The monoisotopic (exact) mass is 258 g/mol. The molecule has 0 unspecified atom stereocenters. The summed E-state index contributed by atoms with van der Waals surface area (Å²) in [7, 11) is 0. The molecule has 0 spiro atoms. The first-order chi connectivity index (χ1) is 7.72. The van der Waals surface area contributed by atoms with E-state index in [2.05, 4.69) is 18.8 Å². The van der Waals surface area contributed by atoms with E-state index in [4.69, 9.17) is 0 Å². The summed E-state index contributed by atoms with van der Waals surface area (Å²) in [6, 6.07) is 0.989. The molecule has 1 aliphatic heterocycles. The summed E-state index contributed by atoms with van der Waals surface area (Å²) < 4.78 is 0. The number of nitrogens with zero attached hydrogens (tertiary/aromatic N) is 1. The van der Waals surface area contributed by atoms with Crippen molar-refractivity contribution in [3.8, 4) is 0 Å². The van der Waals surface area contributed by atoms with Gasteiger partial charge in [-0.25, -0.2) is 0 Å². The van der Waals surface area contributed by atoms with Gasteiger partial charge in [0.05, 0.1) is 0 Å². The Bertz CT molecular complexity index is 279. The van der Waals surface area contributed by atoms with E-state index in [-0.39, 0.29) is 18.3 Å². The van der Waals surface area contributed by atoms with Crippen molar-refractivity contribution in [3.63, 3.8) is 0 Å². The van der Waals surface area contributed by atoms with Crippen LogP contribution >= 0.6 is 12.4 Å². The maximum absolute atomic E-state index is 12.4. The topological polar surface area (TPSA) is 32.3 Å². The highest BCUT2D eigenvalue weighted by Crippen LogP contribution is 2.30. The molecule has 2 aliphatic rings. The van der Waals surface area contributed by atoms with E-state index in [0.717, 1.165) is 25.9 Å². The van der Waals surface area contributed by atoms with Crippen molar-refractivity contribution in [2.45, 2.75) is 44.7 Å². The van der Waals surface area contributed by atoms with Crippen LogP contribution in [0.5, 0.6) is 0 Å². The van der Waals surface area contributed by atoms with Gasteiger partial charge in [0.25, 0.3) is 0 Å². The van der Waals surface area contributed by atoms with Crippen molar-refractivity contribution in [1.29, 1.82) is 0 Å². The van der Waals surface area contributed by atoms with E-state index in [1.165, 1.54) is 12.8 Å². The number of piperidine rings is 1. The Morgan fingerprint density at radius 2 is 2.18 bits per heavy atom. The number of carbonyl (C=O) groups is 1. The molecule has 98 valence electrons. The summed E-state index contributed by atoms with van der Waals surface area (Å²) in [5, 5.41) is 3.39. The largest absolute Gasteiger partial charge is 0.336 e. The molecule has 1 saturated carbocycles. The Morgan fingerprint density at radius 3 is 2.71 bits per heavy atom. The van der Waals surface area contributed by atoms with Crippen molar-refractivity contribution < 1.29 is 4.79 Å². The summed E-state index contributed by atoms with van der Waals surface area (Å²) in [4.78, 5) is 14.4. The standard InChI is InChI=1S/C13H22N2O.ClH/c1-3-8-15(12-4-5-12)13(16)11-6-7-14-10(2)9-11;/h3,10-12,14H,1,4-9H2,2H3;1H/t10-,11-;/m0./s1. The zero-order chi connectivity index (χ0) is 11.5. The van der Waals surface area contributed by atoms with Crippen molar-refractivity contribution in [1.82, 2.24) is 10.2 Å². The van der Waals surface area contributed by atoms with Crippen LogP contribution in [-0.4, -0.2) is 36.0 Å². The highest BCUT2D eigenvalue weighted by atomic mass is 35.5. The smallest absolute Gasteiger partial charge is 0.226 e. The predicted octanol–water partition coefficient (Wildman–Crippen LogP) is 1.97. The minimum absolute atomic E-state index is 0. The molecule has 0 aromatic heterocycles. The molecule has 3 nitrogen and oxygen atoms in total. The summed E-state index contributed by atoms with van der Waals surface area (Å²) in [5.41, 5.74) is 0. The van der Waals surface area contributed by atoms with Gasteiger partial charge in [-0.2, -0.15) is 0 Å². The SMILES string of the molecule is C=CCN(C(=O)[C@H]1CCN[C@@H](C)C1)C1CC1.Cl. The van der Waals surface area contributed by atoms with Gasteiger partial charge in [-0.05, 0) is 39.2 Å². The lowest BCUT2D eigenvalue weighted by atomic mass is 9.92. The molecule has 2 rings (SSSR count). The van der Waals surface area contributed by atoms with E-state index in [0.29, 0.717) is 18.0 Å². The molecule has 1 aliphatic carbocycles.